The highest BCUT2D eigenvalue weighted by atomic mass is 79.9. The minimum absolute atomic E-state index is 0.228. The van der Waals surface area contributed by atoms with Gasteiger partial charge in [-0.15, -0.1) is 0 Å². The van der Waals surface area contributed by atoms with Crippen molar-refractivity contribution in [2.75, 3.05) is 0 Å². The molecule has 106 valence electrons. The Balaban J connectivity index is 2.21. The molecule has 0 saturated heterocycles. The van der Waals surface area contributed by atoms with E-state index in [1.165, 1.54) is 0 Å². The van der Waals surface area contributed by atoms with Crippen molar-refractivity contribution in [1.29, 1.82) is 0 Å². The molecule has 1 aromatic heterocycles. The first kappa shape index (κ1) is 14.5. The van der Waals surface area contributed by atoms with Crippen LogP contribution in [0.25, 0.3) is 10.9 Å². The smallest absolute Gasteiger partial charge is 0.0753 e. The molecule has 3 aromatic rings. The molecule has 3 rings (SSSR count). The van der Waals surface area contributed by atoms with Crippen molar-refractivity contribution in [2.45, 2.75) is 6.04 Å². The van der Waals surface area contributed by atoms with Crippen molar-refractivity contribution < 1.29 is 0 Å². The molecular formula is C16H13BrClN3. The topological polar surface area (TPSA) is 50.9 Å². The Kier molecular flexibility index (Phi) is 4.22. The number of hydrazine groups is 1. The van der Waals surface area contributed by atoms with Gasteiger partial charge in [0.1, 0.15) is 0 Å². The summed E-state index contributed by atoms with van der Waals surface area (Å²) in [5.74, 6) is 5.80. The Morgan fingerprint density at radius 3 is 2.71 bits per heavy atom. The fraction of sp³-hybridized carbons (Fsp3) is 0.0625. The highest BCUT2D eigenvalue weighted by Gasteiger charge is 2.18. The van der Waals surface area contributed by atoms with Crippen LogP contribution in [0.5, 0.6) is 0 Å². The molecule has 0 aliphatic carbocycles. The summed E-state index contributed by atoms with van der Waals surface area (Å²) in [5, 5.41) is 1.73. The minimum atomic E-state index is -0.228. The molecular weight excluding hydrogens is 350 g/mol. The van der Waals surface area contributed by atoms with Crippen LogP contribution in [0.2, 0.25) is 5.02 Å². The van der Waals surface area contributed by atoms with Crippen molar-refractivity contribution >= 4 is 38.4 Å². The molecule has 0 aliphatic rings. The van der Waals surface area contributed by atoms with Crippen LogP contribution in [0.1, 0.15) is 17.2 Å². The number of benzene rings is 2. The van der Waals surface area contributed by atoms with Crippen molar-refractivity contribution in [3.05, 3.63) is 75.4 Å². The summed E-state index contributed by atoms with van der Waals surface area (Å²) in [5.41, 5.74) is 5.67. The third-order valence-corrected chi connectivity index (χ3v) is 4.25. The zero-order chi connectivity index (χ0) is 14.8. The number of pyridine rings is 1. The van der Waals surface area contributed by atoms with Crippen LogP contribution in [0.15, 0.2) is 59.2 Å². The van der Waals surface area contributed by atoms with E-state index in [1.54, 1.807) is 6.20 Å². The van der Waals surface area contributed by atoms with Crippen LogP contribution in [0.4, 0.5) is 0 Å². The van der Waals surface area contributed by atoms with E-state index >= 15 is 0 Å². The molecule has 0 spiro atoms. The fourth-order valence-electron chi connectivity index (χ4n) is 2.44. The lowest BCUT2D eigenvalue weighted by molar-refractivity contribution is 0.640. The Morgan fingerprint density at radius 1 is 1.10 bits per heavy atom. The van der Waals surface area contributed by atoms with Crippen LogP contribution in [-0.4, -0.2) is 4.98 Å². The summed E-state index contributed by atoms with van der Waals surface area (Å²) in [6, 6.07) is 15.5. The maximum absolute atomic E-state index is 6.33. The Labute approximate surface area is 136 Å². The van der Waals surface area contributed by atoms with Gasteiger partial charge in [-0.3, -0.25) is 10.8 Å². The highest BCUT2D eigenvalue weighted by Crippen LogP contribution is 2.33. The molecule has 1 atom stereocenters. The molecule has 5 heteroatoms. The Hall–Kier alpha value is -1.46. The maximum Gasteiger partial charge on any atom is 0.0753 e. The number of rotatable bonds is 3. The number of nitrogens with two attached hydrogens (primary N) is 1. The fourth-order valence-corrected chi connectivity index (χ4v) is 3.05. The third kappa shape index (κ3) is 2.80. The molecule has 21 heavy (non-hydrogen) atoms. The van der Waals surface area contributed by atoms with Gasteiger partial charge in [0, 0.05) is 26.6 Å². The highest BCUT2D eigenvalue weighted by molar-refractivity contribution is 9.10. The molecule has 1 heterocycles. The lowest BCUT2D eigenvalue weighted by Crippen LogP contribution is -2.29. The number of para-hydroxylation sites is 1. The molecule has 1 unspecified atom stereocenters. The molecule has 3 N–H and O–H groups in total. The number of aromatic nitrogens is 1. The van der Waals surface area contributed by atoms with Gasteiger partial charge in [0.15, 0.2) is 0 Å². The average molecular weight is 363 g/mol. The van der Waals surface area contributed by atoms with Crippen LogP contribution in [0, 0.1) is 0 Å². The molecule has 0 saturated carbocycles. The van der Waals surface area contributed by atoms with Gasteiger partial charge in [-0.2, -0.15) is 0 Å². The standard InChI is InChI=1S/C16H13BrClN3/c17-11-6-7-14(18)13(9-11)16(21-19)12-5-1-3-10-4-2-8-20-15(10)12/h1-9,16,21H,19H2. The van der Waals surface area contributed by atoms with Crippen molar-refractivity contribution in [3.8, 4) is 0 Å². The van der Waals surface area contributed by atoms with Gasteiger partial charge < -0.3 is 0 Å². The Morgan fingerprint density at radius 2 is 1.90 bits per heavy atom. The van der Waals surface area contributed by atoms with Gasteiger partial charge in [0.2, 0.25) is 0 Å². The van der Waals surface area contributed by atoms with E-state index in [0.717, 1.165) is 26.5 Å². The lowest BCUT2D eigenvalue weighted by Gasteiger charge is -2.20. The first-order valence-electron chi connectivity index (χ1n) is 6.45. The maximum atomic E-state index is 6.33. The third-order valence-electron chi connectivity index (χ3n) is 3.41. The van der Waals surface area contributed by atoms with E-state index in [4.69, 9.17) is 17.4 Å². The second kappa shape index (κ2) is 6.12. The van der Waals surface area contributed by atoms with Crippen molar-refractivity contribution in [3.63, 3.8) is 0 Å². The number of nitrogens with one attached hydrogen (secondary N) is 1. The number of nitrogens with zero attached hydrogens (tertiary/aromatic N) is 1. The predicted molar refractivity (Wildman–Crippen MR) is 90.1 cm³/mol. The van der Waals surface area contributed by atoms with E-state index in [2.05, 4.69) is 26.3 Å². The molecule has 0 amide bonds. The number of hydrogen-bond acceptors (Lipinski definition) is 3. The monoisotopic (exact) mass is 361 g/mol. The van der Waals surface area contributed by atoms with E-state index in [9.17, 15) is 0 Å². The number of fused-ring (bicyclic) bond motifs is 1. The zero-order valence-corrected chi connectivity index (χ0v) is 13.4. The number of hydrogen-bond donors (Lipinski definition) is 2. The van der Waals surface area contributed by atoms with E-state index in [-0.39, 0.29) is 6.04 Å². The van der Waals surface area contributed by atoms with E-state index < -0.39 is 0 Å². The quantitative estimate of drug-likeness (QED) is 0.542. The minimum Gasteiger partial charge on any atom is -0.271 e. The van der Waals surface area contributed by atoms with Gasteiger partial charge in [0.25, 0.3) is 0 Å². The van der Waals surface area contributed by atoms with Crippen LogP contribution < -0.4 is 11.3 Å². The lowest BCUT2D eigenvalue weighted by atomic mass is 9.97. The van der Waals surface area contributed by atoms with Crippen LogP contribution in [0.3, 0.4) is 0 Å². The second-order valence-corrected chi connectivity index (χ2v) is 6.01. The van der Waals surface area contributed by atoms with Gasteiger partial charge in [-0.1, -0.05) is 51.8 Å². The molecule has 0 fully saturated rings. The molecule has 0 bridgehead atoms. The van der Waals surface area contributed by atoms with Crippen molar-refractivity contribution in [2.24, 2.45) is 5.84 Å². The predicted octanol–water partition coefficient (Wildman–Crippen LogP) is 4.20. The first-order valence-corrected chi connectivity index (χ1v) is 7.62. The largest absolute Gasteiger partial charge is 0.271 e. The van der Waals surface area contributed by atoms with Gasteiger partial charge >= 0.3 is 0 Å². The van der Waals surface area contributed by atoms with Gasteiger partial charge in [-0.25, -0.2) is 5.43 Å². The van der Waals surface area contributed by atoms with E-state index in [0.29, 0.717) is 5.02 Å². The van der Waals surface area contributed by atoms with E-state index in [1.807, 2.05) is 48.5 Å². The number of halogens is 2. The molecule has 0 radical (unpaired) electrons. The Bertz CT molecular complexity index is 786. The average Bonchev–Trinajstić information content (AvgIpc) is 2.51. The normalized spacial score (nSPS) is 12.5. The summed E-state index contributed by atoms with van der Waals surface area (Å²) in [7, 11) is 0. The molecule has 2 aromatic carbocycles. The van der Waals surface area contributed by atoms with Crippen molar-refractivity contribution in [1.82, 2.24) is 10.4 Å². The van der Waals surface area contributed by atoms with Crippen LogP contribution >= 0.6 is 27.5 Å². The summed E-state index contributed by atoms with van der Waals surface area (Å²) >= 11 is 9.81. The molecule has 0 aliphatic heterocycles. The zero-order valence-electron chi connectivity index (χ0n) is 11.1. The summed E-state index contributed by atoms with van der Waals surface area (Å²) < 4.78 is 0.954. The SMILES string of the molecule is NNC(c1cc(Br)ccc1Cl)c1cccc2cccnc12. The van der Waals surface area contributed by atoms with Gasteiger partial charge in [0.05, 0.1) is 11.6 Å². The van der Waals surface area contributed by atoms with Gasteiger partial charge in [-0.05, 0) is 29.8 Å². The summed E-state index contributed by atoms with van der Waals surface area (Å²) in [6.45, 7) is 0. The first-order chi connectivity index (χ1) is 10.2. The summed E-state index contributed by atoms with van der Waals surface area (Å²) in [4.78, 5) is 4.48. The van der Waals surface area contributed by atoms with Crippen LogP contribution in [-0.2, 0) is 0 Å². The molecule has 3 nitrogen and oxygen atoms in total. The summed E-state index contributed by atoms with van der Waals surface area (Å²) in [6.07, 6.45) is 1.78. The second-order valence-electron chi connectivity index (χ2n) is 4.69.